The first-order valence-electron chi connectivity index (χ1n) is 6.58. The van der Waals surface area contributed by atoms with Gasteiger partial charge in [0.05, 0.1) is 7.11 Å². The fraction of sp³-hybridized carbons (Fsp3) is 0.118. The molecule has 114 valence electrons. The number of amides is 1. The fourth-order valence-corrected chi connectivity index (χ4v) is 2.03. The van der Waals surface area contributed by atoms with Gasteiger partial charge in [0.2, 0.25) is 5.91 Å². The van der Waals surface area contributed by atoms with Crippen molar-refractivity contribution < 1.29 is 13.9 Å². The number of halogens is 2. The first-order valence-corrected chi connectivity index (χ1v) is 6.96. The Morgan fingerprint density at radius 3 is 2.73 bits per heavy atom. The number of rotatable bonds is 4. The van der Waals surface area contributed by atoms with Gasteiger partial charge in [-0.05, 0) is 48.4 Å². The highest BCUT2D eigenvalue weighted by molar-refractivity contribution is 6.31. The van der Waals surface area contributed by atoms with Gasteiger partial charge in [0.15, 0.2) is 11.6 Å². The predicted octanol–water partition coefficient (Wildman–Crippen LogP) is 4.45. The summed E-state index contributed by atoms with van der Waals surface area (Å²) < 4.78 is 18.4. The molecule has 0 unspecified atom stereocenters. The van der Waals surface area contributed by atoms with Crippen LogP contribution in [0.5, 0.6) is 5.75 Å². The van der Waals surface area contributed by atoms with Crippen LogP contribution in [0.4, 0.5) is 10.1 Å². The molecule has 1 amide bonds. The van der Waals surface area contributed by atoms with E-state index in [1.54, 1.807) is 18.2 Å². The molecule has 2 aromatic rings. The zero-order valence-electron chi connectivity index (χ0n) is 12.2. The number of benzene rings is 2. The normalized spacial score (nSPS) is 10.7. The van der Waals surface area contributed by atoms with E-state index in [1.165, 1.54) is 31.4 Å². The third-order valence-corrected chi connectivity index (χ3v) is 3.30. The molecule has 0 aromatic heterocycles. The maximum absolute atomic E-state index is 13.5. The van der Waals surface area contributed by atoms with Crippen LogP contribution < -0.4 is 10.1 Å². The zero-order valence-corrected chi connectivity index (χ0v) is 12.9. The van der Waals surface area contributed by atoms with E-state index in [9.17, 15) is 9.18 Å². The lowest BCUT2D eigenvalue weighted by Crippen LogP contribution is -2.08. The molecule has 3 nitrogen and oxygen atoms in total. The average Bonchev–Trinajstić information content (AvgIpc) is 2.49. The Morgan fingerprint density at radius 2 is 2.05 bits per heavy atom. The molecule has 0 heterocycles. The van der Waals surface area contributed by atoms with Crippen LogP contribution in [-0.2, 0) is 4.79 Å². The number of hydrogen-bond donors (Lipinski definition) is 1. The van der Waals surface area contributed by atoms with Gasteiger partial charge in [-0.3, -0.25) is 4.79 Å². The van der Waals surface area contributed by atoms with Crippen molar-refractivity contribution in [2.45, 2.75) is 6.92 Å². The van der Waals surface area contributed by atoms with Crippen LogP contribution >= 0.6 is 11.6 Å². The second-order valence-corrected chi connectivity index (χ2v) is 5.11. The maximum atomic E-state index is 13.5. The number of carbonyl (C=O) groups is 1. The zero-order chi connectivity index (χ0) is 16.1. The van der Waals surface area contributed by atoms with E-state index in [2.05, 4.69) is 5.32 Å². The van der Waals surface area contributed by atoms with Crippen molar-refractivity contribution in [1.82, 2.24) is 0 Å². The second-order valence-electron chi connectivity index (χ2n) is 4.68. The molecule has 5 heteroatoms. The largest absolute Gasteiger partial charge is 0.494 e. The molecule has 2 rings (SSSR count). The van der Waals surface area contributed by atoms with E-state index < -0.39 is 5.82 Å². The average molecular weight is 320 g/mol. The Morgan fingerprint density at radius 1 is 1.27 bits per heavy atom. The number of carbonyl (C=O) groups excluding carboxylic acids is 1. The highest BCUT2D eigenvalue weighted by Crippen LogP contribution is 2.21. The molecule has 0 aliphatic heterocycles. The van der Waals surface area contributed by atoms with Crippen molar-refractivity contribution >= 4 is 29.3 Å². The van der Waals surface area contributed by atoms with Crippen LogP contribution in [0.15, 0.2) is 42.5 Å². The first-order chi connectivity index (χ1) is 10.5. The Balaban J connectivity index is 2.08. The number of methoxy groups -OCH3 is 1. The van der Waals surface area contributed by atoms with E-state index in [0.717, 1.165) is 5.56 Å². The van der Waals surface area contributed by atoms with Gasteiger partial charge in [-0.2, -0.15) is 0 Å². The summed E-state index contributed by atoms with van der Waals surface area (Å²) in [5.74, 6) is -0.631. The number of aryl methyl sites for hydroxylation is 1. The van der Waals surface area contributed by atoms with E-state index in [0.29, 0.717) is 16.3 Å². The molecule has 0 atom stereocenters. The molecule has 1 N–H and O–H groups in total. The van der Waals surface area contributed by atoms with Gasteiger partial charge in [0.25, 0.3) is 0 Å². The highest BCUT2D eigenvalue weighted by Gasteiger charge is 2.04. The lowest BCUT2D eigenvalue weighted by molar-refractivity contribution is -0.111. The smallest absolute Gasteiger partial charge is 0.248 e. The fourth-order valence-electron chi connectivity index (χ4n) is 1.86. The summed E-state index contributed by atoms with van der Waals surface area (Å²) in [5.41, 5.74) is 2.11. The molecule has 0 fully saturated rings. The number of ether oxygens (including phenoxy) is 1. The van der Waals surface area contributed by atoms with E-state index in [4.69, 9.17) is 16.3 Å². The lowest BCUT2D eigenvalue weighted by atomic mass is 10.2. The van der Waals surface area contributed by atoms with Crippen molar-refractivity contribution in [3.8, 4) is 5.75 Å². The summed E-state index contributed by atoms with van der Waals surface area (Å²) in [7, 11) is 1.40. The minimum Gasteiger partial charge on any atom is -0.494 e. The van der Waals surface area contributed by atoms with Gasteiger partial charge in [-0.15, -0.1) is 0 Å². The van der Waals surface area contributed by atoms with E-state index in [-0.39, 0.29) is 11.7 Å². The summed E-state index contributed by atoms with van der Waals surface area (Å²) in [6.07, 6.45) is 2.86. The second kappa shape index (κ2) is 7.09. The summed E-state index contributed by atoms with van der Waals surface area (Å²) >= 11 is 5.90. The van der Waals surface area contributed by atoms with Crippen molar-refractivity contribution in [3.63, 3.8) is 0 Å². The standard InChI is InChI=1S/C17H15ClFNO2/c1-11-3-6-13(18)10-15(11)20-17(21)8-5-12-4-7-16(22-2)14(19)9-12/h3-10H,1-2H3,(H,20,21)/b8-5+. The Labute approximate surface area is 133 Å². The molecule has 2 aromatic carbocycles. The predicted molar refractivity (Wildman–Crippen MR) is 86.8 cm³/mol. The SMILES string of the molecule is COc1ccc(/C=C/C(=O)Nc2cc(Cl)ccc2C)cc1F. The molecule has 0 radical (unpaired) electrons. The minimum absolute atomic E-state index is 0.163. The van der Waals surface area contributed by atoms with Crippen LogP contribution in [0.3, 0.4) is 0 Å². The summed E-state index contributed by atoms with van der Waals surface area (Å²) in [6, 6.07) is 9.72. The third-order valence-electron chi connectivity index (χ3n) is 3.06. The Kier molecular flexibility index (Phi) is 5.17. The molecule has 0 spiro atoms. The van der Waals surface area contributed by atoms with Gasteiger partial charge >= 0.3 is 0 Å². The summed E-state index contributed by atoms with van der Waals surface area (Å²) in [5, 5.41) is 3.27. The van der Waals surface area contributed by atoms with Crippen LogP contribution in [0.25, 0.3) is 6.08 Å². The van der Waals surface area contributed by atoms with Crippen LogP contribution in [0.1, 0.15) is 11.1 Å². The van der Waals surface area contributed by atoms with Gasteiger partial charge < -0.3 is 10.1 Å². The quantitative estimate of drug-likeness (QED) is 0.846. The monoisotopic (exact) mass is 319 g/mol. The molecule has 0 saturated carbocycles. The Bertz CT molecular complexity index is 729. The van der Waals surface area contributed by atoms with E-state index >= 15 is 0 Å². The summed E-state index contributed by atoms with van der Waals surface area (Å²) in [6.45, 7) is 1.87. The van der Waals surface area contributed by atoms with Crippen LogP contribution in [0.2, 0.25) is 5.02 Å². The molecule has 22 heavy (non-hydrogen) atoms. The molecule has 0 aliphatic rings. The first kappa shape index (κ1) is 16.0. The van der Waals surface area contributed by atoms with E-state index in [1.807, 2.05) is 13.0 Å². The van der Waals surface area contributed by atoms with Crippen LogP contribution in [0, 0.1) is 12.7 Å². The van der Waals surface area contributed by atoms with Gasteiger partial charge in [0, 0.05) is 16.8 Å². The minimum atomic E-state index is -0.476. The van der Waals surface area contributed by atoms with Crippen molar-refractivity contribution in [2.75, 3.05) is 12.4 Å². The maximum Gasteiger partial charge on any atom is 0.248 e. The van der Waals surface area contributed by atoms with Gasteiger partial charge in [-0.1, -0.05) is 23.7 Å². The van der Waals surface area contributed by atoms with Crippen molar-refractivity contribution in [1.29, 1.82) is 0 Å². The molecule has 0 saturated heterocycles. The van der Waals surface area contributed by atoms with Crippen LogP contribution in [-0.4, -0.2) is 13.0 Å². The van der Waals surface area contributed by atoms with Crippen molar-refractivity contribution in [3.05, 3.63) is 64.4 Å². The van der Waals surface area contributed by atoms with Crippen molar-refractivity contribution in [2.24, 2.45) is 0 Å². The van der Waals surface area contributed by atoms with Gasteiger partial charge in [-0.25, -0.2) is 4.39 Å². The summed E-state index contributed by atoms with van der Waals surface area (Å²) in [4.78, 5) is 11.9. The van der Waals surface area contributed by atoms with Gasteiger partial charge in [0.1, 0.15) is 0 Å². The molecular formula is C17H15ClFNO2. The number of hydrogen-bond acceptors (Lipinski definition) is 2. The number of anilines is 1. The molecule has 0 aliphatic carbocycles. The third kappa shape index (κ3) is 4.09. The topological polar surface area (TPSA) is 38.3 Å². The number of nitrogens with one attached hydrogen (secondary N) is 1. The molecule has 0 bridgehead atoms. The molecular weight excluding hydrogens is 305 g/mol. The highest BCUT2D eigenvalue weighted by atomic mass is 35.5. The lowest BCUT2D eigenvalue weighted by Gasteiger charge is -2.06. The Hall–Kier alpha value is -2.33.